The fraction of sp³-hybridized carbons (Fsp3) is 0.500. The summed E-state index contributed by atoms with van der Waals surface area (Å²) in [5.74, 6) is -0.394. The molecule has 0 spiro atoms. The summed E-state index contributed by atoms with van der Waals surface area (Å²) < 4.78 is 40.3. The molecule has 7 heteroatoms. The van der Waals surface area contributed by atoms with Gasteiger partial charge >= 0.3 is 6.36 Å². The number of piperazine rings is 1. The summed E-state index contributed by atoms with van der Waals surface area (Å²) in [6.45, 7) is 3.93. The van der Waals surface area contributed by atoms with Crippen LogP contribution in [0, 0.1) is 0 Å². The van der Waals surface area contributed by atoms with Crippen LogP contribution in [0.25, 0.3) is 0 Å². The van der Waals surface area contributed by atoms with Crippen molar-refractivity contribution in [2.75, 3.05) is 19.6 Å². The highest BCUT2D eigenvalue weighted by atomic mass is 19.4. The van der Waals surface area contributed by atoms with Gasteiger partial charge in [-0.3, -0.25) is 4.79 Å². The fourth-order valence-electron chi connectivity index (χ4n) is 2.30. The van der Waals surface area contributed by atoms with Crippen molar-refractivity contribution in [3.05, 3.63) is 29.8 Å². The summed E-state index contributed by atoms with van der Waals surface area (Å²) >= 11 is 0. The first-order chi connectivity index (χ1) is 9.83. The molecule has 2 rings (SSSR count). The SMILES string of the molecule is C[C@@H]1CN(C(=O)Cc2cccc(OC(F)(F)F)c2)CCN1. The average Bonchev–Trinajstić information content (AvgIpc) is 2.37. The second kappa shape index (κ2) is 6.34. The van der Waals surface area contributed by atoms with E-state index < -0.39 is 6.36 Å². The van der Waals surface area contributed by atoms with E-state index in [1.54, 1.807) is 11.0 Å². The highest BCUT2D eigenvalue weighted by molar-refractivity contribution is 5.79. The monoisotopic (exact) mass is 302 g/mol. The molecule has 0 radical (unpaired) electrons. The zero-order chi connectivity index (χ0) is 15.5. The summed E-state index contributed by atoms with van der Waals surface area (Å²) in [6, 6.07) is 5.75. The van der Waals surface area contributed by atoms with Gasteiger partial charge in [0.2, 0.25) is 5.91 Å². The van der Waals surface area contributed by atoms with Gasteiger partial charge in [0.15, 0.2) is 0 Å². The summed E-state index contributed by atoms with van der Waals surface area (Å²) in [7, 11) is 0. The van der Waals surface area contributed by atoms with Crippen molar-refractivity contribution in [2.24, 2.45) is 0 Å². The number of halogens is 3. The van der Waals surface area contributed by atoms with Crippen LogP contribution in [0.2, 0.25) is 0 Å². The van der Waals surface area contributed by atoms with E-state index in [1.165, 1.54) is 18.2 Å². The third kappa shape index (κ3) is 4.93. The Kier molecular flexibility index (Phi) is 4.72. The number of hydrogen-bond donors (Lipinski definition) is 1. The molecule has 1 aromatic carbocycles. The zero-order valence-electron chi connectivity index (χ0n) is 11.6. The van der Waals surface area contributed by atoms with Gasteiger partial charge in [0, 0.05) is 25.7 Å². The Balaban J connectivity index is 1.99. The Bertz CT molecular complexity index is 505. The number of ether oxygens (including phenoxy) is 1. The van der Waals surface area contributed by atoms with Gasteiger partial charge in [0.25, 0.3) is 0 Å². The first kappa shape index (κ1) is 15.6. The lowest BCUT2D eigenvalue weighted by Gasteiger charge is -2.32. The van der Waals surface area contributed by atoms with Crippen LogP contribution >= 0.6 is 0 Å². The number of alkyl halides is 3. The van der Waals surface area contributed by atoms with Gasteiger partial charge in [-0.15, -0.1) is 13.2 Å². The molecule has 1 aliphatic heterocycles. The van der Waals surface area contributed by atoms with Crippen molar-refractivity contribution in [1.82, 2.24) is 10.2 Å². The van der Waals surface area contributed by atoms with Crippen molar-refractivity contribution >= 4 is 5.91 Å². The third-order valence-electron chi connectivity index (χ3n) is 3.21. The van der Waals surface area contributed by atoms with Gasteiger partial charge in [0.1, 0.15) is 5.75 Å². The number of benzene rings is 1. The zero-order valence-corrected chi connectivity index (χ0v) is 11.6. The molecule has 21 heavy (non-hydrogen) atoms. The standard InChI is InChI=1S/C14H17F3N2O2/c1-10-9-19(6-5-18-10)13(20)8-11-3-2-4-12(7-11)21-14(15,16)17/h2-4,7,10,18H,5-6,8-9H2,1H3/t10-/m1/s1. The maximum Gasteiger partial charge on any atom is 0.573 e. The van der Waals surface area contributed by atoms with Gasteiger partial charge in [-0.1, -0.05) is 12.1 Å². The smallest absolute Gasteiger partial charge is 0.406 e. The second-order valence-corrected chi connectivity index (χ2v) is 5.07. The van der Waals surface area contributed by atoms with Crippen molar-refractivity contribution in [3.8, 4) is 5.75 Å². The topological polar surface area (TPSA) is 41.6 Å². The Morgan fingerprint density at radius 1 is 1.48 bits per heavy atom. The largest absolute Gasteiger partial charge is 0.573 e. The molecule has 0 unspecified atom stereocenters. The minimum atomic E-state index is -4.73. The molecular formula is C14H17F3N2O2. The number of nitrogens with zero attached hydrogens (tertiary/aromatic N) is 1. The lowest BCUT2D eigenvalue weighted by Crippen LogP contribution is -2.51. The molecule has 1 saturated heterocycles. The van der Waals surface area contributed by atoms with Crippen molar-refractivity contribution in [2.45, 2.75) is 25.7 Å². The second-order valence-electron chi connectivity index (χ2n) is 5.07. The summed E-state index contributed by atoms with van der Waals surface area (Å²) in [6.07, 6.45) is -4.65. The molecule has 1 atom stereocenters. The number of carbonyl (C=O) groups is 1. The molecule has 1 heterocycles. The summed E-state index contributed by atoms with van der Waals surface area (Å²) in [4.78, 5) is 13.9. The van der Waals surface area contributed by atoms with Crippen LogP contribution in [-0.4, -0.2) is 42.8 Å². The highest BCUT2D eigenvalue weighted by Gasteiger charge is 2.31. The highest BCUT2D eigenvalue weighted by Crippen LogP contribution is 2.23. The average molecular weight is 302 g/mol. The molecule has 1 fully saturated rings. The fourth-order valence-corrected chi connectivity index (χ4v) is 2.30. The van der Waals surface area contributed by atoms with Crippen LogP contribution in [-0.2, 0) is 11.2 Å². The van der Waals surface area contributed by atoms with Gasteiger partial charge in [-0.05, 0) is 24.6 Å². The number of hydrogen-bond acceptors (Lipinski definition) is 3. The molecule has 0 bridgehead atoms. The third-order valence-corrected chi connectivity index (χ3v) is 3.21. The molecule has 0 aromatic heterocycles. The van der Waals surface area contributed by atoms with E-state index in [1.807, 2.05) is 6.92 Å². The van der Waals surface area contributed by atoms with Crippen LogP contribution in [0.5, 0.6) is 5.75 Å². The van der Waals surface area contributed by atoms with E-state index >= 15 is 0 Å². The first-order valence-electron chi connectivity index (χ1n) is 6.69. The van der Waals surface area contributed by atoms with Crippen LogP contribution in [0.3, 0.4) is 0 Å². The predicted octanol–water partition coefficient (Wildman–Crippen LogP) is 1.95. The van der Waals surface area contributed by atoms with Crippen LogP contribution in [0.1, 0.15) is 12.5 Å². The molecule has 4 nitrogen and oxygen atoms in total. The molecule has 1 aliphatic rings. The maximum atomic E-state index is 12.2. The van der Waals surface area contributed by atoms with E-state index in [0.29, 0.717) is 18.7 Å². The molecule has 116 valence electrons. The molecule has 1 N–H and O–H groups in total. The Labute approximate surface area is 120 Å². The van der Waals surface area contributed by atoms with Gasteiger partial charge in [-0.25, -0.2) is 0 Å². The van der Waals surface area contributed by atoms with Crippen molar-refractivity contribution < 1.29 is 22.7 Å². The molecule has 1 aromatic rings. The van der Waals surface area contributed by atoms with E-state index in [2.05, 4.69) is 10.1 Å². The lowest BCUT2D eigenvalue weighted by atomic mass is 10.1. The van der Waals surface area contributed by atoms with E-state index in [9.17, 15) is 18.0 Å². The number of carbonyl (C=O) groups excluding carboxylic acids is 1. The summed E-state index contributed by atoms with van der Waals surface area (Å²) in [5.41, 5.74) is 0.507. The Hall–Kier alpha value is -1.76. The van der Waals surface area contributed by atoms with Crippen molar-refractivity contribution in [1.29, 1.82) is 0 Å². The van der Waals surface area contributed by atoms with Gasteiger partial charge in [0.05, 0.1) is 6.42 Å². The Morgan fingerprint density at radius 2 is 2.24 bits per heavy atom. The predicted molar refractivity (Wildman–Crippen MR) is 70.9 cm³/mol. The maximum absolute atomic E-state index is 12.2. The number of amides is 1. The Morgan fingerprint density at radius 3 is 2.90 bits per heavy atom. The molecule has 1 amide bonds. The molecule has 0 aliphatic carbocycles. The van der Waals surface area contributed by atoms with E-state index in [0.717, 1.165) is 6.54 Å². The number of rotatable bonds is 3. The van der Waals surface area contributed by atoms with Gasteiger partial charge in [-0.2, -0.15) is 0 Å². The minimum Gasteiger partial charge on any atom is -0.406 e. The molecule has 0 saturated carbocycles. The number of nitrogens with one attached hydrogen (secondary N) is 1. The minimum absolute atomic E-state index is 0.0712. The summed E-state index contributed by atoms with van der Waals surface area (Å²) in [5, 5.41) is 3.23. The molecular weight excluding hydrogens is 285 g/mol. The van der Waals surface area contributed by atoms with Gasteiger partial charge < -0.3 is 15.0 Å². The first-order valence-corrected chi connectivity index (χ1v) is 6.69. The van der Waals surface area contributed by atoms with Crippen LogP contribution in [0.4, 0.5) is 13.2 Å². The van der Waals surface area contributed by atoms with Crippen LogP contribution in [0.15, 0.2) is 24.3 Å². The quantitative estimate of drug-likeness (QED) is 0.928. The van der Waals surface area contributed by atoms with Crippen molar-refractivity contribution in [3.63, 3.8) is 0 Å². The van der Waals surface area contributed by atoms with Crippen LogP contribution < -0.4 is 10.1 Å². The van der Waals surface area contributed by atoms with E-state index in [4.69, 9.17) is 0 Å². The van der Waals surface area contributed by atoms with E-state index in [-0.39, 0.29) is 24.1 Å². The lowest BCUT2D eigenvalue weighted by molar-refractivity contribution is -0.274. The normalized spacial score (nSPS) is 19.4.